The second-order valence-electron chi connectivity index (χ2n) is 6.46. The molecule has 0 saturated heterocycles. The van der Waals surface area contributed by atoms with E-state index in [1.807, 2.05) is 18.7 Å². The smallest absolute Gasteiger partial charge is 0.121 e. The topological polar surface area (TPSA) is 17.8 Å². The third-order valence-electron chi connectivity index (χ3n) is 5.05. The Morgan fingerprint density at radius 3 is 1.73 bits per heavy atom. The van der Waals surface area contributed by atoms with Crippen molar-refractivity contribution in [3.05, 3.63) is 126 Å². The van der Waals surface area contributed by atoms with Gasteiger partial charge in [0.15, 0.2) is 0 Å². The standard InChI is InChI=1S/C24H22N2/c1-2-20-13-15-23(16-14-20)24(26-18-17-25-19-26,21-9-5-3-6-10-21)22-11-7-4-8-12-22/h3-19H,2H2,1H3. The van der Waals surface area contributed by atoms with Gasteiger partial charge in [0.1, 0.15) is 5.54 Å². The number of hydrogen-bond acceptors (Lipinski definition) is 1. The largest absolute Gasteiger partial charge is 0.319 e. The van der Waals surface area contributed by atoms with E-state index in [0.717, 1.165) is 6.42 Å². The molecule has 0 bridgehead atoms. The summed E-state index contributed by atoms with van der Waals surface area (Å²) >= 11 is 0. The van der Waals surface area contributed by atoms with Crippen LogP contribution in [0.2, 0.25) is 0 Å². The first-order valence-electron chi connectivity index (χ1n) is 9.04. The minimum Gasteiger partial charge on any atom is -0.319 e. The van der Waals surface area contributed by atoms with Crippen LogP contribution in [-0.2, 0) is 12.0 Å². The van der Waals surface area contributed by atoms with Crippen LogP contribution in [0.25, 0.3) is 0 Å². The summed E-state index contributed by atoms with van der Waals surface area (Å²) in [6.07, 6.45) is 6.84. The third kappa shape index (κ3) is 2.64. The molecular weight excluding hydrogens is 316 g/mol. The molecule has 1 aromatic heterocycles. The number of hydrogen-bond donors (Lipinski definition) is 0. The molecule has 0 radical (unpaired) electrons. The highest BCUT2D eigenvalue weighted by Crippen LogP contribution is 2.40. The van der Waals surface area contributed by atoms with Gasteiger partial charge >= 0.3 is 0 Å². The Labute approximate surface area is 154 Å². The highest BCUT2D eigenvalue weighted by Gasteiger charge is 2.37. The molecule has 26 heavy (non-hydrogen) atoms. The molecule has 0 aliphatic carbocycles. The molecule has 2 heteroatoms. The Bertz CT molecular complexity index is 901. The predicted molar refractivity (Wildman–Crippen MR) is 106 cm³/mol. The monoisotopic (exact) mass is 338 g/mol. The molecule has 0 spiro atoms. The van der Waals surface area contributed by atoms with Crippen LogP contribution in [-0.4, -0.2) is 9.55 Å². The fourth-order valence-corrected chi connectivity index (χ4v) is 3.75. The molecule has 0 fully saturated rings. The van der Waals surface area contributed by atoms with Gasteiger partial charge in [-0.05, 0) is 28.7 Å². The summed E-state index contributed by atoms with van der Waals surface area (Å²) in [5, 5.41) is 0. The Kier molecular flexibility index (Phi) is 4.40. The first-order chi connectivity index (χ1) is 12.9. The third-order valence-corrected chi connectivity index (χ3v) is 5.05. The maximum atomic E-state index is 4.36. The van der Waals surface area contributed by atoms with E-state index in [1.165, 1.54) is 22.3 Å². The quantitative estimate of drug-likeness (QED) is 0.452. The van der Waals surface area contributed by atoms with Crippen molar-refractivity contribution in [3.8, 4) is 0 Å². The molecule has 0 amide bonds. The van der Waals surface area contributed by atoms with Crippen LogP contribution in [0.1, 0.15) is 29.2 Å². The zero-order chi connectivity index (χ0) is 17.8. The number of benzene rings is 3. The Hall–Kier alpha value is -3.13. The number of rotatable bonds is 5. The van der Waals surface area contributed by atoms with Crippen LogP contribution in [0.3, 0.4) is 0 Å². The molecule has 4 aromatic rings. The Morgan fingerprint density at radius 2 is 1.27 bits per heavy atom. The molecule has 0 aliphatic rings. The minimum atomic E-state index is -0.453. The second kappa shape index (κ2) is 7.01. The first kappa shape index (κ1) is 16.3. The summed E-state index contributed by atoms with van der Waals surface area (Å²) in [5.41, 5.74) is 4.55. The average molecular weight is 338 g/mol. The summed E-state index contributed by atoms with van der Waals surface area (Å²) in [6.45, 7) is 2.19. The normalized spacial score (nSPS) is 11.4. The van der Waals surface area contributed by atoms with Crippen molar-refractivity contribution in [3.63, 3.8) is 0 Å². The molecule has 2 nitrogen and oxygen atoms in total. The van der Waals surface area contributed by atoms with Gasteiger partial charge in [-0.15, -0.1) is 0 Å². The van der Waals surface area contributed by atoms with Crippen LogP contribution in [0.15, 0.2) is 104 Å². The van der Waals surface area contributed by atoms with E-state index in [9.17, 15) is 0 Å². The fraction of sp³-hybridized carbons (Fsp3) is 0.125. The first-order valence-corrected chi connectivity index (χ1v) is 9.04. The average Bonchev–Trinajstić information content (AvgIpc) is 3.26. The summed E-state index contributed by atoms with van der Waals surface area (Å²) < 4.78 is 2.21. The lowest BCUT2D eigenvalue weighted by molar-refractivity contribution is 0.514. The van der Waals surface area contributed by atoms with Gasteiger partial charge in [0, 0.05) is 12.4 Å². The highest BCUT2D eigenvalue weighted by atomic mass is 15.1. The lowest BCUT2D eigenvalue weighted by atomic mass is 9.76. The van der Waals surface area contributed by atoms with Crippen molar-refractivity contribution in [2.45, 2.75) is 18.9 Å². The van der Waals surface area contributed by atoms with E-state index in [0.29, 0.717) is 0 Å². The molecule has 0 unspecified atom stereocenters. The van der Waals surface area contributed by atoms with Gasteiger partial charge in [0.05, 0.1) is 6.33 Å². The number of aromatic nitrogens is 2. The van der Waals surface area contributed by atoms with Gasteiger partial charge in [0.2, 0.25) is 0 Å². The van der Waals surface area contributed by atoms with Gasteiger partial charge in [-0.2, -0.15) is 0 Å². The maximum Gasteiger partial charge on any atom is 0.121 e. The van der Waals surface area contributed by atoms with Crippen LogP contribution >= 0.6 is 0 Å². The zero-order valence-corrected chi connectivity index (χ0v) is 14.9. The SMILES string of the molecule is CCc1ccc(C(c2ccccc2)(c2ccccc2)n2ccnc2)cc1. The number of aryl methyl sites for hydroxylation is 1. The van der Waals surface area contributed by atoms with Gasteiger partial charge in [-0.25, -0.2) is 4.98 Å². The van der Waals surface area contributed by atoms with Crippen molar-refractivity contribution in [2.75, 3.05) is 0 Å². The molecule has 3 aromatic carbocycles. The summed E-state index contributed by atoms with van der Waals surface area (Å²) in [7, 11) is 0. The van der Waals surface area contributed by atoms with Crippen molar-refractivity contribution >= 4 is 0 Å². The zero-order valence-electron chi connectivity index (χ0n) is 14.9. The Morgan fingerprint density at radius 1 is 0.731 bits per heavy atom. The minimum absolute atomic E-state index is 0.453. The van der Waals surface area contributed by atoms with E-state index in [1.54, 1.807) is 0 Å². The molecule has 128 valence electrons. The molecular formula is C24H22N2. The molecule has 0 atom stereocenters. The van der Waals surface area contributed by atoms with E-state index < -0.39 is 5.54 Å². The van der Waals surface area contributed by atoms with E-state index in [-0.39, 0.29) is 0 Å². The maximum absolute atomic E-state index is 4.36. The fourth-order valence-electron chi connectivity index (χ4n) is 3.75. The Balaban J connectivity index is 2.07. The van der Waals surface area contributed by atoms with Crippen LogP contribution < -0.4 is 0 Å². The van der Waals surface area contributed by atoms with Gasteiger partial charge in [-0.3, -0.25) is 0 Å². The lowest BCUT2D eigenvalue weighted by Crippen LogP contribution is -2.36. The molecule has 4 rings (SSSR count). The highest BCUT2D eigenvalue weighted by molar-refractivity contribution is 5.51. The lowest BCUT2D eigenvalue weighted by Gasteiger charge is -2.37. The van der Waals surface area contributed by atoms with Crippen LogP contribution in [0.4, 0.5) is 0 Å². The molecule has 1 heterocycles. The number of nitrogens with zero attached hydrogens (tertiary/aromatic N) is 2. The summed E-state index contributed by atoms with van der Waals surface area (Å²) in [5.74, 6) is 0. The molecule has 0 aliphatic heterocycles. The van der Waals surface area contributed by atoms with Crippen molar-refractivity contribution in [2.24, 2.45) is 0 Å². The van der Waals surface area contributed by atoms with Gasteiger partial charge < -0.3 is 4.57 Å². The summed E-state index contributed by atoms with van der Waals surface area (Å²) in [4.78, 5) is 4.36. The number of imidazole rings is 1. The van der Waals surface area contributed by atoms with E-state index in [4.69, 9.17) is 0 Å². The van der Waals surface area contributed by atoms with Crippen molar-refractivity contribution in [1.29, 1.82) is 0 Å². The second-order valence-corrected chi connectivity index (χ2v) is 6.46. The summed E-state index contributed by atoms with van der Waals surface area (Å²) in [6, 6.07) is 30.3. The van der Waals surface area contributed by atoms with Crippen LogP contribution in [0.5, 0.6) is 0 Å². The molecule has 0 N–H and O–H groups in total. The van der Waals surface area contributed by atoms with E-state index in [2.05, 4.69) is 101 Å². The van der Waals surface area contributed by atoms with Gasteiger partial charge in [-0.1, -0.05) is 91.9 Å². The van der Waals surface area contributed by atoms with E-state index >= 15 is 0 Å². The van der Waals surface area contributed by atoms with Gasteiger partial charge in [0.25, 0.3) is 0 Å². The molecule has 0 saturated carbocycles. The van der Waals surface area contributed by atoms with Crippen molar-refractivity contribution in [1.82, 2.24) is 9.55 Å². The van der Waals surface area contributed by atoms with Crippen LogP contribution in [0, 0.1) is 0 Å². The van der Waals surface area contributed by atoms with Crippen molar-refractivity contribution < 1.29 is 0 Å². The predicted octanol–water partition coefficient (Wildman–Crippen LogP) is 5.29.